The molecule has 0 N–H and O–H groups in total. The first kappa shape index (κ1) is 16.9. The Balaban J connectivity index is 1.76. The standard InChI is InChI=1S/C20H23NO2S/c1-15-5-8-18(9-6-15)24-14-17-13-16(7-10-19(17)23-2)20(22)21-11-3-4-12-21/h5-10,13H,3-4,11-12,14H2,1-2H3. The molecule has 1 aliphatic heterocycles. The zero-order chi connectivity index (χ0) is 16.9. The Morgan fingerprint density at radius 2 is 1.83 bits per heavy atom. The zero-order valence-corrected chi connectivity index (χ0v) is 15.1. The van der Waals surface area contributed by atoms with E-state index in [1.54, 1.807) is 18.9 Å². The highest BCUT2D eigenvalue weighted by Gasteiger charge is 2.20. The van der Waals surface area contributed by atoms with Crippen molar-refractivity contribution in [2.45, 2.75) is 30.4 Å². The lowest BCUT2D eigenvalue weighted by Gasteiger charge is -2.17. The molecular weight excluding hydrogens is 318 g/mol. The number of thioether (sulfide) groups is 1. The predicted molar refractivity (Wildman–Crippen MR) is 98.9 cm³/mol. The summed E-state index contributed by atoms with van der Waals surface area (Å²) < 4.78 is 5.47. The molecule has 1 saturated heterocycles. The van der Waals surface area contributed by atoms with Crippen LogP contribution in [0.15, 0.2) is 47.4 Å². The van der Waals surface area contributed by atoms with Gasteiger partial charge in [-0.15, -0.1) is 11.8 Å². The van der Waals surface area contributed by atoms with Gasteiger partial charge in [-0.2, -0.15) is 0 Å². The lowest BCUT2D eigenvalue weighted by atomic mass is 10.1. The number of benzene rings is 2. The van der Waals surface area contributed by atoms with Crippen molar-refractivity contribution in [2.75, 3.05) is 20.2 Å². The van der Waals surface area contributed by atoms with Crippen molar-refractivity contribution in [3.8, 4) is 5.75 Å². The van der Waals surface area contributed by atoms with Crippen molar-refractivity contribution in [1.82, 2.24) is 4.90 Å². The number of aryl methyl sites for hydroxylation is 1. The fourth-order valence-corrected chi connectivity index (χ4v) is 3.80. The van der Waals surface area contributed by atoms with Crippen molar-refractivity contribution in [1.29, 1.82) is 0 Å². The number of ether oxygens (including phenoxy) is 1. The summed E-state index contributed by atoms with van der Waals surface area (Å²) in [6.45, 7) is 3.83. The molecule has 3 nitrogen and oxygen atoms in total. The van der Waals surface area contributed by atoms with Crippen LogP contribution in [0.25, 0.3) is 0 Å². The van der Waals surface area contributed by atoms with E-state index >= 15 is 0 Å². The van der Waals surface area contributed by atoms with Crippen LogP contribution in [0.2, 0.25) is 0 Å². The predicted octanol–water partition coefficient (Wildman–Crippen LogP) is 4.53. The van der Waals surface area contributed by atoms with E-state index in [0.29, 0.717) is 0 Å². The average Bonchev–Trinajstić information content (AvgIpc) is 3.15. The summed E-state index contributed by atoms with van der Waals surface area (Å²) in [5.41, 5.74) is 3.08. The van der Waals surface area contributed by atoms with Gasteiger partial charge in [-0.05, 0) is 50.1 Å². The SMILES string of the molecule is COc1ccc(C(=O)N2CCCC2)cc1CSc1ccc(C)cc1. The number of carbonyl (C=O) groups is 1. The van der Waals surface area contributed by atoms with Crippen LogP contribution in [0.3, 0.4) is 0 Å². The number of hydrogen-bond donors (Lipinski definition) is 0. The van der Waals surface area contributed by atoms with Crippen molar-refractivity contribution in [3.63, 3.8) is 0 Å². The topological polar surface area (TPSA) is 29.5 Å². The molecule has 0 atom stereocenters. The molecule has 0 unspecified atom stereocenters. The Hall–Kier alpha value is -1.94. The number of carbonyl (C=O) groups excluding carboxylic acids is 1. The normalized spacial score (nSPS) is 14.0. The second-order valence-electron chi connectivity index (χ2n) is 6.13. The van der Waals surface area contributed by atoms with E-state index in [4.69, 9.17) is 4.74 Å². The maximum Gasteiger partial charge on any atom is 0.253 e. The van der Waals surface area contributed by atoms with Gasteiger partial charge in [0.1, 0.15) is 5.75 Å². The molecule has 0 aromatic heterocycles. The lowest BCUT2D eigenvalue weighted by molar-refractivity contribution is 0.0792. The van der Waals surface area contributed by atoms with E-state index in [2.05, 4.69) is 31.2 Å². The highest BCUT2D eigenvalue weighted by molar-refractivity contribution is 7.98. The van der Waals surface area contributed by atoms with Crippen molar-refractivity contribution < 1.29 is 9.53 Å². The van der Waals surface area contributed by atoms with Crippen LogP contribution in [0.4, 0.5) is 0 Å². The molecule has 1 aliphatic rings. The van der Waals surface area contributed by atoms with Crippen LogP contribution in [0.5, 0.6) is 5.75 Å². The van der Waals surface area contributed by atoms with E-state index in [-0.39, 0.29) is 5.91 Å². The van der Waals surface area contributed by atoms with E-state index in [9.17, 15) is 4.79 Å². The summed E-state index contributed by atoms with van der Waals surface area (Å²) in [4.78, 5) is 15.8. The second-order valence-corrected chi connectivity index (χ2v) is 7.18. The average molecular weight is 341 g/mol. The fourth-order valence-electron chi connectivity index (χ4n) is 2.92. The number of rotatable bonds is 5. The quantitative estimate of drug-likeness (QED) is 0.748. The lowest BCUT2D eigenvalue weighted by Crippen LogP contribution is -2.27. The molecule has 24 heavy (non-hydrogen) atoms. The number of amides is 1. The van der Waals surface area contributed by atoms with Gasteiger partial charge in [0.05, 0.1) is 7.11 Å². The van der Waals surface area contributed by atoms with Crippen LogP contribution >= 0.6 is 11.8 Å². The first-order valence-electron chi connectivity index (χ1n) is 8.33. The van der Waals surface area contributed by atoms with Crippen molar-refractivity contribution >= 4 is 17.7 Å². The molecule has 1 amide bonds. The Kier molecular flexibility index (Phi) is 5.46. The fraction of sp³-hybridized carbons (Fsp3) is 0.350. The molecule has 0 bridgehead atoms. The summed E-state index contributed by atoms with van der Waals surface area (Å²) in [5.74, 6) is 1.76. The third-order valence-electron chi connectivity index (χ3n) is 4.34. The summed E-state index contributed by atoms with van der Waals surface area (Å²) in [5, 5.41) is 0. The Morgan fingerprint density at radius 3 is 2.50 bits per heavy atom. The number of likely N-dealkylation sites (tertiary alicyclic amines) is 1. The van der Waals surface area contributed by atoms with Gasteiger partial charge in [-0.25, -0.2) is 0 Å². The summed E-state index contributed by atoms with van der Waals surface area (Å²) in [7, 11) is 1.68. The Bertz CT molecular complexity index is 706. The van der Waals surface area contributed by atoms with Crippen molar-refractivity contribution in [2.24, 2.45) is 0 Å². The number of hydrogen-bond acceptors (Lipinski definition) is 3. The molecule has 1 heterocycles. The molecule has 0 aliphatic carbocycles. The number of methoxy groups -OCH3 is 1. The van der Waals surface area contributed by atoms with Gasteiger partial charge < -0.3 is 9.64 Å². The molecule has 126 valence electrons. The largest absolute Gasteiger partial charge is 0.496 e. The summed E-state index contributed by atoms with van der Waals surface area (Å²) in [6.07, 6.45) is 2.22. The maximum atomic E-state index is 12.6. The van der Waals surface area contributed by atoms with Crippen LogP contribution in [-0.2, 0) is 5.75 Å². The van der Waals surface area contributed by atoms with Gasteiger partial charge in [0, 0.05) is 34.9 Å². The number of nitrogens with zero attached hydrogens (tertiary/aromatic N) is 1. The molecular formula is C20H23NO2S. The van der Waals surface area contributed by atoms with Gasteiger partial charge in [0.25, 0.3) is 5.91 Å². The van der Waals surface area contributed by atoms with Gasteiger partial charge in [-0.3, -0.25) is 4.79 Å². The van der Waals surface area contributed by atoms with Crippen molar-refractivity contribution in [3.05, 3.63) is 59.2 Å². The summed E-state index contributed by atoms with van der Waals surface area (Å²) in [6, 6.07) is 14.3. The van der Waals surface area contributed by atoms with Crippen LogP contribution < -0.4 is 4.74 Å². The van der Waals surface area contributed by atoms with Crippen LogP contribution in [-0.4, -0.2) is 31.0 Å². The summed E-state index contributed by atoms with van der Waals surface area (Å²) >= 11 is 1.76. The van der Waals surface area contributed by atoms with Gasteiger partial charge in [0.15, 0.2) is 0 Å². The minimum atomic E-state index is 0.136. The van der Waals surface area contributed by atoms with Crippen LogP contribution in [0.1, 0.15) is 34.3 Å². The third-order valence-corrected chi connectivity index (χ3v) is 5.40. The molecule has 2 aromatic carbocycles. The Morgan fingerprint density at radius 1 is 1.12 bits per heavy atom. The molecule has 1 fully saturated rings. The molecule has 0 spiro atoms. The first-order chi connectivity index (χ1) is 11.7. The first-order valence-corrected chi connectivity index (χ1v) is 9.31. The monoisotopic (exact) mass is 341 g/mol. The molecule has 0 radical (unpaired) electrons. The van der Waals surface area contributed by atoms with Gasteiger partial charge >= 0.3 is 0 Å². The van der Waals surface area contributed by atoms with Gasteiger partial charge in [0.2, 0.25) is 0 Å². The zero-order valence-electron chi connectivity index (χ0n) is 14.2. The van der Waals surface area contributed by atoms with E-state index in [1.807, 2.05) is 23.1 Å². The minimum absolute atomic E-state index is 0.136. The molecule has 2 aromatic rings. The minimum Gasteiger partial charge on any atom is -0.496 e. The highest BCUT2D eigenvalue weighted by atomic mass is 32.2. The third kappa shape index (κ3) is 3.93. The Labute approximate surface area is 148 Å². The van der Waals surface area contributed by atoms with E-state index in [0.717, 1.165) is 48.6 Å². The molecule has 3 rings (SSSR count). The highest BCUT2D eigenvalue weighted by Crippen LogP contribution is 2.29. The van der Waals surface area contributed by atoms with E-state index < -0.39 is 0 Å². The molecule has 4 heteroatoms. The van der Waals surface area contributed by atoms with Crippen LogP contribution in [0, 0.1) is 6.92 Å². The van der Waals surface area contributed by atoms with Gasteiger partial charge in [-0.1, -0.05) is 17.7 Å². The smallest absolute Gasteiger partial charge is 0.253 e. The second kappa shape index (κ2) is 7.75. The maximum absolute atomic E-state index is 12.6. The van der Waals surface area contributed by atoms with E-state index in [1.165, 1.54) is 10.5 Å². The molecule has 0 saturated carbocycles.